The van der Waals surface area contributed by atoms with E-state index in [1.165, 1.54) is 0 Å². The maximum absolute atomic E-state index is 11.5. The summed E-state index contributed by atoms with van der Waals surface area (Å²) >= 11 is 0. The van der Waals surface area contributed by atoms with Gasteiger partial charge in [-0.3, -0.25) is 4.89 Å². The fraction of sp³-hybridized carbons (Fsp3) is 0.667. The van der Waals surface area contributed by atoms with E-state index in [1.54, 1.807) is 0 Å². The van der Waals surface area contributed by atoms with Crippen molar-refractivity contribution >= 4 is 31.3 Å². The Balaban J connectivity index is 2.71. The van der Waals surface area contributed by atoms with Crippen LogP contribution in [0.15, 0.2) is 12.3 Å². The van der Waals surface area contributed by atoms with Crippen LogP contribution in [0, 0.1) is 0 Å². The molecule has 0 aliphatic carbocycles. The van der Waals surface area contributed by atoms with E-state index >= 15 is 0 Å². The summed E-state index contributed by atoms with van der Waals surface area (Å²) in [5.41, 5.74) is 0. The van der Waals surface area contributed by atoms with E-state index in [9.17, 15) is 23.7 Å². The number of hydrogen-bond acceptors (Lipinski definition) is 8. The van der Waals surface area contributed by atoms with Crippen molar-refractivity contribution in [1.29, 1.82) is 0 Å². The largest absolute Gasteiger partial charge is 0.536 e. The predicted octanol–water partition coefficient (Wildman–Crippen LogP) is -0.512. The van der Waals surface area contributed by atoms with Crippen LogP contribution in [-0.2, 0) is 31.6 Å². The number of phosphoric ester groups is 1. The molecule has 1 aliphatic rings. The minimum Gasteiger partial charge on any atom is -0.406 e. The van der Waals surface area contributed by atoms with Gasteiger partial charge in [0.15, 0.2) is 0 Å². The fourth-order valence-corrected chi connectivity index (χ4v) is 4.52. The third kappa shape index (κ3) is 6.61. The topological polar surface area (TPSA) is 189 Å². The zero-order valence-electron chi connectivity index (χ0n) is 10.7. The summed E-state index contributed by atoms with van der Waals surface area (Å²) in [5.74, 6) is -0.650. The van der Waals surface area contributed by atoms with E-state index < -0.39 is 47.4 Å². The van der Waals surface area contributed by atoms with Crippen LogP contribution in [-0.4, -0.2) is 50.7 Å². The first-order valence-corrected chi connectivity index (χ1v) is 9.84. The average molecular weight is 380 g/mol. The normalized spacial score (nSPS) is 31.2. The zero-order chi connectivity index (χ0) is 17.3. The van der Waals surface area contributed by atoms with Crippen molar-refractivity contribution in [1.82, 2.24) is 0 Å². The van der Waals surface area contributed by atoms with Crippen LogP contribution >= 0.6 is 23.5 Å². The molecule has 126 valence electrons. The Bertz CT molecular complexity index is 571. The molecule has 22 heavy (non-hydrogen) atoms. The van der Waals surface area contributed by atoms with Crippen molar-refractivity contribution in [3.8, 4) is 0 Å². The number of hydrogen-bond donors (Lipinski definition) is 5. The highest BCUT2D eigenvalue weighted by molar-refractivity contribution is 7.66. The lowest BCUT2D eigenvalue weighted by molar-refractivity contribution is 0.0300. The molecular formula is C6H12BO12P3. The van der Waals surface area contributed by atoms with Crippen molar-refractivity contribution in [2.24, 2.45) is 0 Å². The van der Waals surface area contributed by atoms with Crippen molar-refractivity contribution < 1.29 is 56.3 Å². The molecule has 1 heterocycles. The molecule has 1 fully saturated rings. The van der Waals surface area contributed by atoms with E-state index in [0.717, 1.165) is 0 Å². The number of rotatable bonds is 7. The minimum atomic E-state index is -5.62. The number of aliphatic hydroxyl groups excluding tert-OH is 1. The third-order valence-corrected chi connectivity index (χ3v) is 5.90. The molecule has 0 bridgehead atoms. The van der Waals surface area contributed by atoms with E-state index in [2.05, 4.69) is 19.7 Å². The number of phosphoric acid groups is 3. The molecule has 12 nitrogen and oxygen atoms in total. The Kier molecular flexibility index (Phi) is 6.23. The van der Waals surface area contributed by atoms with E-state index in [-0.39, 0.29) is 6.42 Å². The molecule has 0 saturated carbocycles. The monoisotopic (exact) mass is 380 g/mol. The van der Waals surface area contributed by atoms with Gasteiger partial charge in [0, 0.05) is 6.00 Å². The van der Waals surface area contributed by atoms with Crippen molar-refractivity contribution in [2.75, 3.05) is 0 Å². The van der Waals surface area contributed by atoms with Crippen molar-refractivity contribution in [3.05, 3.63) is 12.3 Å². The summed E-state index contributed by atoms with van der Waals surface area (Å²) in [5, 5.41) is 9.52. The second-order valence-corrected chi connectivity index (χ2v) is 8.39. The lowest BCUT2D eigenvalue weighted by Crippen LogP contribution is -2.23. The second-order valence-electron chi connectivity index (χ2n) is 4.05. The quantitative estimate of drug-likeness (QED) is 0.216. The number of ether oxygens (including phenoxy) is 1. The Morgan fingerprint density at radius 3 is 2.09 bits per heavy atom. The Morgan fingerprint density at radius 2 is 1.68 bits per heavy atom. The molecule has 1 rings (SSSR count). The highest BCUT2D eigenvalue weighted by Crippen LogP contribution is 2.66. The van der Waals surface area contributed by atoms with Gasteiger partial charge in [-0.05, 0) is 6.42 Å². The summed E-state index contributed by atoms with van der Waals surface area (Å²) in [6.07, 6.45) is -2.54. The van der Waals surface area contributed by atoms with Crippen LogP contribution in [0.1, 0.15) is 6.42 Å². The lowest BCUT2D eigenvalue weighted by Gasteiger charge is -2.21. The van der Waals surface area contributed by atoms with E-state index in [0.29, 0.717) is 0 Å². The molecule has 0 amide bonds. The molecular weight excluding hydrogens is 368 g/mol. The minimum absolute atomic E-state index is 0.0244. The first-order valence-electron chi connectivity index (χ1n) is 5.32. The molecule has 0 aromatic carbocycles. The smallest absolute Gasteiger partial charge is 0.406 e. The van der Waals surface area contributed by atoms with Gasteiger partial charge in [0.1, 0.15) is 19.7 Å². The first-order chi connectivity index (χ1) is 9.71. The Hall–Kier alpha value is -0.0251. The SMILES string of the molecule is [B][C@H]1C[C@@H](O)[C@@H](C(=C)OP(=O)(O)OP(=O)(O)OP(=O)(O)O)O1. The van der Waals surface area contributed by atoms with Gasteiger partial charge in [0.2, 0.25) is 0 Å². The predicted molar refractivity (Wildman–Crippen MR) is 69.1 cm³/mol. The lowest BCUT2D eigenvalue weighted by atomic mass is 9.96. The maximum Gasteiger partial charge on any atom is 0.536 e. The zero-order valence-corrected chi connectivity index (χ0v) is 13.3. The molecule has 0 aromatic heterocycles. The van der Waals surface area contributed by atoms with Crippen molar-refractivity contribution in [2.45, 2.75) is 24.6 Å². The molecule has 5 atom stereocenters. The van der Waals surface area contributed by atoms with E-state index in [1.807, 2.05) is 0 Å². The van der Waals surface area contributed by atoms with Crippen LogP contribution in [0.25, 0.3) is 0 Å². The Morgan fingerprint density at radius 1 is 1.14 bits per heavy atom. The van der Waals surface area contributed by atoms with Crippen LogP contribution in [0.5, 0.6) is 0 Å². The third-order valence-electron chi connectivity index (χ3n) is 2.11. The highest BCUT2D eigenvalue weighted by atomic mass is 31.3. The second kappa shape index (κ2) is 6.84. The first kappa shape index (κ1) is 20.0. The average Bonchev–Trinajstić information content (AvgIpc) is 2.50. The van der Waals surface area contributed by atoms with Gasteiger partial charge in [0.25, 0.3) is 0 Å². The van der Waals surface area contributed by atoms with Gasteiger partial charge < -0.3 is 29.0 Å². The summed E-state index contributed by atoms with van der Waals surface area (Å²) in [4.78, 5) is 34.9. The molecule has 1 aliphatic heterocycles. The summed E-state index contributed by atoms with van der Waals surface area (Å²) in [7, 11) is -11.1. The Labute approximate surface area is 125 Å². The number of aliphatic hydroxyl groups is 1. The van der Waals surface area contributed by atoms with Gasteiger partial charge >= 0.3 is 23.5 Å². The van der Waals surface area contributed by atoms with Crippen molar-refractivity contribution in [3.63, 3.8) is 0 Å². The van der Waals surface area contributed by atoms with E-state index in [4.69, 9.17) is 27.3 Å². The molecule has 0 spiro atoms. The van der Waals surface area contributed by atoms with Crippen LogP contribution in [0.2, 0.25) is 0 Å². The van der Waals surface area contributed by atoms with Gasteiger partial charge in [-0.2, -0.15) is 8.62 Å². The van der Waals surface area contributed by atoms with Gasteiger partial charge in [0.05, 0.1) is 6.10 Å². The molecule has 1 saturated heterocycles. The molecule has 5 N–H and O–H groups in total. The molecule has 2 unspecified atom stereocenters. The maximum atomic E-state index is 11.5. The molecule has 16 heteroatoms. The summed E-state index contributed by atoms with van der Waals surface area (Å²) in [6.45, 7) is 3.17. The van der Waals surface area contributed by atoms with Crippen LogP contribution in [0.3, 0.4) is 0 Å². The van der Waals surface area contributed by atoms with Gasteiger partial charge in [-0.25, -0.2) is 13.7 Å². The van der Waals surface area contributed by atoms with Crippen LogP contribution in [0.4, 0.5) is 0 Å². The van der Waals surface area contributed by atoms with Gasteiger partial charge in [-0.15, -0.1) is 0 Å². The standard InChI is InChI=1S/C6H12BO12P3/c1-3(6-4(8)2-5(7)16-6)17-21(12,13)19-22(14,15)18-20(9,10)11/h4-6,8H,1-2H2,(H,12,13)(H,14,15)(H2,9,10,11)/t4-,5-,6-/m1/s1. The molecule has 2 radical (unpaired) electrons. The van der Waals surface area contributed by atoms with Gasteiger partial charge in [-0.1, -0.05) is 6.58 Å². The molecule has 0 aromatic rings. The van der Waals surface area contributed by atoms with Crippen LogP contribution < -0.4 is 0 Å². The summed E-state index contributed by atoms with van der Waals surface area (Å²) < 4.78 is 49.2. The summed E-state index contributed by atoms with van der Waals surface area (Å²) in [6, 6.07) is -0.888. The fourth-order valence-electron chi connectivity index (χ4n) is 1.48. The highest BCUT2D eigenvalue weighted by Gasteiger charge is 2.43.